The Hall–Kier alpha value is -2.78. The number of fused-ring (bicyclic) bond motifs is 1. The molecule has 1 aliphatic rings. The lowest BCUT2D eigenvalue weighted by Gasteiger charge is -2.34. The molecule has 31 heavy (non-hydrogen) atoms. The molecule has 0 radical (unpaired) electrons. The standard InChI is InChI=1S/C27H28ClN3/c1-19-20(2)31(18-23-11-6-7-13-25(23)28)26-24(19)14-15-29-27(26)30-16-8-12-22(17-30)21-9-4-3-5-10-21/h3-7,9-11,13-15,22H,8,12,16-18H2,1-2H3. The Balaban J connectivity index is 1.58. The number of rotatable bonds is 4. The zero-order chi connectivity index (χ0) is 21.4. The van der Waals surface area contributed by atoms with Crippen LogP contribution in [0.4, 0.5) is 5.82 Å². The summed E-state index contributed by atoms with van der Waals surface area (Å²) in [5.74, 6) is 1.64. The maximum atomic E-state index is 6.52. The van der Waals surface area contributed by atoms with Crippen molar-refractivity contribution in [1.29, 1.82) is 0 Å². The fourth-order valence-electron chi connectivity index (χ4n) is 4.97. The van der Waals surface area contributed by atoms with Gasteiger partial charge in [-0.15, -0.1) is 0 Å². The molecule has 0 spiro atoms. The summed E-state index contributed by atoms with van der Waals surface area (Å²) in [5.41, 5.74) is 6.40. The van der Waals surface area contributed by atoms with E-state index in [9.17, 15) is 0 Å². The molecule has 1 atom stereocenters. The van der Waals surface area contributed by atoms with Crippen molar-refractivity contribution in [2.24, 2.45) is 0 Å². The quantitative estimate of drug-likeness (QED) is 0.358. The number of anilines is 1. The summed E-state index contributed by atoms with van der Waals surface area (Å²) in [4.78, 5) is 7.40. The highest BCUT2D eigenvalue weighted by molar-refractivity contribution is 6.31. The van der Waals surface area contributed by atoms with E-state index in [0.29, 0.717) is 5.92 Å². The molecule has 4 aromatic rings. The summed E-state index contributed by atoms with van der Waals surface area (Å²) in [5, 5.41) is 2.10. The van der Waals surface area contributed by atoms with Crippen molar-refractivity contribution in [1.82, 2.24) is 9.55 Å². The first-order valence-electron chi connectivity index (χ1n) is 11.1. The summed E-state index contributed by atoms with van der Waals surface area (Å²) < 4.78 is 2.40. The second kappa shape index (κ2) is 8.39. The molecule has 1 aliphatic heterocycles. The maximum Gasteiger partial charge on any atom is 0.153 e. The Morgan fingerprint density at radius 3 is 2.58 bits per heavy atom. The zero-order valence-corrected chi connectivity index (χ0v) is 18.9. The van der Waals surface area contributed by atoms with Gasteiger partial charge in [0.05, 0.1) is 5.52 Å². The van der Waals surface area contributed by atoms with Crippen molar-refractivity contribution in [3.8, 4) is 0 Å². The van der Waals surface area contributed by atoms with Gasteiger partial charge in [0.1, 0.15) is 0 Å². The van der Waals surface area contributed by atoms with E-state index in [4.69, 9.17) is 16.6 Å². The monoisotopic (exact) mass is 429 g/mol. The molecule has 0 saturated carbocycles. The van der Waals surface area contributed by atoms with E-state index in [0.717, 1.165) is 36.0 Å². The minimum atomic E-state index is 0.543. The van der Waals surface area contributed by atoms with Gasteiger partial charge in [0.2, 0.25) is 0 Å². The lowest BCUT2D eigenvalue weighted by atomic mass is 9.90. The summed E-state index contributed by atoms with van der Waals surface area (Å²) in [6, 6.07) is 21.2. The third-order valence-electron chi connectivity index (χ3n) is 6.80. The summed E-state index contributed by atoms with van der Waals surface area (Å²) >= 11 is 6.52. The zero-order valence-electron chi connectivity index (χ0n) is 18.2. The van der Waals surface area contributed by atoms with Gasteiger partial charge in [-0.2, -0.15) is 0 Å². The predicted molar refractivity (Wildman–Crippen MR) is 130 cm³/mol. The van der Waals surface area contributed by atoms with Gasteiger partial charge in [-0.05, 0) is 55.5 Å². The molecule has 0 amide bonds. The molecule has 0 bridgehead atoms. The Bertz CT molecular complexity index is 1210. The first-order valence-corrected chi connectivity index (χ1v) is 11.5. The van der Waals surface area contributed by atoms with E-state index in [1.807, 2.05) is 18.3 Å². The van der Waals surface area contributed by atoms with Crippen LogP contribution in [0.2, 0.25) is 5.02 Å². The van der Waals surface area contributed by atoms with Gasteiger partial charge in [0.25, 0.3) is 0 Å². The molecule has 0 N–H and O–H groups in total. The van der Waals surface area contributed by atoms with Crippen molar-refractivity contribution in [3.63, 3.8) is 0 Å². The van der Waals surface area contributed by atoms with E-state index < -0.39 is 0 Å². The number of halogens is 1. The first-order chi connectivity index (χ1) is 15.1. The van der Waals surface area contributed by atoms with E-state index in [-0.39, 0.29) is 0 Å². The molecule has 158 valence electrons. The number of benzene rings is 2. The fourth-order valence-corrected chi connectivity index (χ4v) is 5.17. The van der Waals surface area contributed by atoms with Gasteiger partial charge in [-0.25, -0.2) is 4.98 Å². The lowest BCUT2D eigenvalue weighted by molar-refractivity contribution is 0.507. The van der Waals surface area contributed by atoms with Gasteiger partial charge in [0, 0.05) is 47.9 Å². The highest BCUT2D eigenvalue weighted by atomic mass is 35.5. The highest BCUT2D eigenvalue weighted by Gasteiger charge is 2.25. The number of pyridine rings is 1. The number of hydrogen-bond acceptors (Lipinski definition) is 2. The summed E-state index contributed by atoms with van der Waals surface area (Å²) in [6.07, 6.45) is 4.38. The Morgan fingerprint density at radius 2 is 1.77 bits per heavy atom. The van der Waals surface area contributed by atoms with Crippen molar-refractivity contribution in [3.05, 3.63) is 94.3 Å². The highest BCUT2D eigenvalue weighted by Crippen LogP contribution is 2.36. The van der Waals surface area contributed by atoms with Crippen LogP contribution >= 0.6 is 11.6 Å². The summed E-state index contributed by atoms with van der Waals surface area (Å²) in [6.45, 7) is 7.23. The van der Waals surface area contributed by atoms with Crippen LogP contribution in [-0.2, 0) is 6.54 Å². The molecular weight excluding hydrogens is 402 g/mol. The molecular formula is C27H28ClN3. The topological polar surface area (TPSA) is 21.1 Å². The molecule has 4 heteroatoms. The molecule has 1 saturated heterocycles. The number of nitrogens with zero attached hydrogens (tertiary/aromatic N) is 3. The van der Waals surface area contributed by atoms with Crippen LogP contribution < -0.4 is 4.90 Å². The Morgan fingerprint density at radius 1 is 1.00 bits per heavy atom. The molecule has 2 aromatic heterocycles. The van der Waals surface area contributed by atoms with E-state index >= 15 is 0 Å². The van der Waals surface area contributed by atoms with Gasteiger partial charge >= 0.3 is 0 Å². The molecule has 3 heterocycles. The third kappa shape index (κ3) is 3.72. The minimum absolute atomic E-state index is 0.543. The number of piperidine rings is 1. The van der Waals surface area contributed by atoms with Crippen molar-refractivity contribution >= 4 is 28.3 Å². The molecule has 0 aliphatic carbocycles. The Labute approximate surface area is 189 Å². The van der Waals surface area contributed by atoms with Gasteiger partial charge in [0.15, 0.2) is 5.82 Å². The third-order valence-corrected chi connectivity index (χ3v) is 7.17. The van der Waals surface area contributed by atoms with Crippen LogP contribution in [0.3, 0.4) is 0 Å². The smallest absolute Gasteiger partial charge is 0.153 e. The van der Waals surface area contributed by atoms with Crippen LogP contribution in [0.1, 0.15) is 41.1 Å². The molecule has 5 rings (SSSR count). The SMILES string of the molecule is Cc1c(C)n(Cc2ccccc2Cl)c2c(N3CCCC(c4ccccc4)C3)nccc12. The number of hydrogen-bond donors (Lipinski definition) is 0. The van der Waals surface area contributed by atoms with E-state index in [1.54, 1.807) is 0 Å². The van der Waals surface area contributed by atoms with Crippen molar-refractivity contribution in [2.75, 3.05) is 18.0 Å². The molecule has 3 nitrogen and oxygen atoms in total. The summed E-state index contributed by atoms with van der Waals surface area (Å²) in [7, 11) is 0. The van der Waals surface area contributed by atoms with E-state index in [2.05, 4.69) is 71.8 Å². The predicted octanol–water partition coefficient (Wildman–Crippen LogP) is 6.74. The van der Waals surface area contributed by atoms with Crippen molar-refractivity contribution in [2.45, 2.75) is 39.2 Å². The van der Waals surface area contributed by atoms with E-state index in [1.165, 1.54) is 40.6 Å². The first kappa shape index (κ1) is 20.1. The molecule has 1 unspecified atom stereocenters. The van der Waals surface area contributed by atoms with Gasteiger partial charge in [-0.3, -0.25) is 0 Å². The van der Waals surface area contributed by atoms with Gasteiger partial charge in [-0.1, -0.05) is 60.1 Å². The van der Waals surface area contributed by atoms with Crippen LogP contribution in [0.25, 0.3) is 10.9 Å². The van der Waals surface area contributed by atoms with Crippen molar-refractivity contribution < 1.29 is 0 Å². The van der Waals surface area contributed by atoms with Crippen LogP contribution in [0, 0.1) is 13.8 Å². The lowest BCUT2D eigenvalue weighted by Crippen LogP contribution is -2.35. The van der Waals surface area contributed by atoms with Crippen LogP contribution in [-0.4, -0.2) is 22.6 Å². The average Bonchev–Trinajstić information content (AvgIpc) is 3.06. The number of aryl methyl sites for hydroxylation is 1. The largest absolute Gasteiger partial charge is 0.354 e. The molecule has 1 fully saturated rings. The average molecular weight is 430 g/mol. The van der Waals surface area contributed by atoms with Gasteiger partial charge < -0.3 is 9.47 Å². The Kier molecular flexibility index (Phi) is 5.45. The van der Waals surface area contributed by atoms with Crippen LogP contribution in [0.5, 0.6) is 0 Å². The van der Waals surface area contributed by atoms with Crippen LogP contribution in [0.15, 0.2) is 66.9 Å². The maximum absolute atomic E-state index is 6.52. The molecule has 2 aromatic carbocycles. The second-order valence-corrected chi connectivity index (χ2v) is 9.02. The second-order valence-electron chi connectivity index (χ2n) is 8.61. The minimum Gasteiger partial charge on any atom is -0.354 e. The number of aromatic nitrogens is 2. The normalized spacial score (nSPS) is 16.7. The fraction of sp³-hybridized carbons (Fsp3) is 0.296.